The van der Waals surface area contributed by atoms with Crippen LogP contribution >= 0.6 is 8.25 Å². The third-order valence-electron chi connectivity index (χ3n) is 9.61. The standard InChI is InChI=1S/C34H45N6O7P/c1-44-29-7-3-5-27-31(29)35-21-37-33(27)39-13-9-23(10-14-39)17-25(19-41)46-48(43)47-26(20-42)18-24-11-15-40(16-12-24)34-28-6-4-8-30(45-2)32(28)36-22-38-34/h3-8,21-26,41-42,48H,9-20H2,1-2H3. The smallest absolute Gasteiger partial charge is 0.319 e. The van der Waals surface area contributed by atoms with Crippen molar-refractivity contribution in [2.75, 3.05) is 63.4 Å². The molecule has 2 aliphatic heterocycles. The molecule has 0 amide bonds. The number of anilines is 2. The third-order valence-corrected chi connectivity index (χ3v) is 10.7. The van der Waals surface area contributed by atoms with Crippen molar-refractivity contribution in [1.82, 2.24) is 19.9 Å². The molecule has 48 heavy (non-hydrogen) atoms. The Balaban J connectivity index is 0.961. The van der Waals surface area contributed by atoms with Gasteiger partial charge in [0.25, 0.3) is 0 Å². The number of piperidine rings is 2. The Kier molecular flexibility index (Phi) is 11.6. The van der Waals surface area contributed by atoms with Crippen LogP contribution in [0.2, 0.25) is 0 Å². The lowest BCUT2D eigenvalue weighted by molar-refractivity contribution is 0.0454. The summed E-state index contributed by atoms with van der Waals surface area (Å²) in [6.45, 7) is 2.69. The summed E-state index contributed by atoms with van der Waals surface area (Å²) in [5.74, 6) is 3.79. The largest absolute Gasteiger partial charge is 0.494 e. The van der Waals surface area contributed by atoms with E-state index in [1.807, 2.05) is 36.4 Å². The highest BCUT2D eigenvalue weighted by molar-refractivity contribution is 7.33. The fourth-order valence-electron chi connectivity index (χ4n) is 7.05. The molecular formula is C34H45N6O7P. The molecular weight excluding hydrogens is 635 g/mol. The third kappa shape index (κ3) is 7.82. The Labute approximate surface area is 281 Å². The summed E-state index contributed by atoms with van der Waals surface area (Å²) in [5.41, 5.74) is 1.57. The molecule has 4 heterocycles. The number of fused-ring (bicyclic) bond motifs is 2. The predicted octanol–water partition coefficient (Wildman–Crippen LogP) is 4.65. The first-order valence-corrected chi connectivity index (χ1v) is 17.9. The van der Waals surface area contributed by atoms with Gasteiger partial charge in [0, 0.05) is 37.0 Å². The van der Waals surface area contributed by atoms with Gasteiger partial charge in [-0.25, -0.2) is 19.9 Å². The van der Waals surface area contributed by atoms with Gasteiger partial charge < -0.3 is 38.5 Å². The highest BCUT2D eigenvalue weighted by atomic mass is 31.1. The van der Waals surface area contributed by atoms with Gasteiger partial charge in [0.2, 0.25) is 0 Å². The molecule has 0 bridgehead atoms. The Morgan fingerprint density at radius 3 is 1.50 bits per heavy atom. The van der Waals surface area contributed by atoms with Crippen LogP contribution in [0.15, 0.2) is 49.1 Å². The van der Waals surface area contributed by atoms with Crippen molar-refractivity contribution in [3.8, 4) is 11.5 Å². The van der Waals surface area contributed by atoms with Crippen LogP contribution in [0, 0.1) is 11.8 Å². The van der Waals surface area contributed by atoms with Gasteiger partial charge in [0.1, 0.15) is 46.8 Å². The maximum atomic E-state index is 12.9. The van der Waals surface area contributed by atoms with E-state index in [1.165, 1.54) is 0 Å². The monoisotopic (exact) mass is 680 g/mol. The van der Waals surface area contributed by atoms with E-state index < -0.39 is 20.5 Å². The summed E-state index contributed by atoms with van der Waals surface area (Å²) in [6, 6.07) is 11.7. The summed E-state index contributed by atoms with van der Waals surface area (Å²) >= 11 is 0. The van der Waals surface area contributed by atoms with Crippen LogP contribution in [-0.2, 0) is 13.6 Å². The van der Waals surface area contributed by atoms with Crippen LogP contribution < -0.4 is 19.3 Å². The number of para-hydroxylation sites is 2. The van der Waals surface area contributed by atoms with Crippen molar-refractivity contribution in [1.29, 1.82) is 0 Å². The van der Waals surface area contributed by atoms with Gasteiger partial charge in [-0.2, -0.15) is 0 Å². The zero-order valence-corrected chi connectivity index (χ0v) is 28.5. The van der Waals surface area contributed by atoms with Crippen LogP contribution in [0.3, 0.4) is 0 Å². The molecule has 2 saturated heterocycles. The average molecular weight is 681 g/mol. The fraction of sp³-hybridized carbons (Fsp3) is 0.529. The van der Waals surface area contributed by atoms with Crippen LogP contribution in [0.5, 0.6) is 11.5 Å². The zero-order valence-electron chi connectivity index (χ0n) is 27.5. The van der Waals surface area contributed by atoms with Gasteiger partial charge in [-0.1, -0.05) is 12.1 Å². The van der Waals surface area contributed by atoms with E-state index in [4.69, 9.17) is 18.5 Å². The molecule has 2 aliphatic rings. The Hall–Kier alpha value is -3.61. The minimum atomic E-state index is -2.93. The van der Waals surface area contributed by atoms with E-state index in [0.717, 1.165) is 85.3 Å². The minimum absolute atomic E-state index is 0.248. The second-order valence-electron chi connectivity index (χ2n) is 12.5. The van der Waals surface area contributed by atoms with E-state index in [2.05, 4.69) is 29.7 Å². The summed E-state index contributed by atoms with van der Waals surface area (Å²) < 4.78 is 35.4. The summed E-state index contributed by atoms with van der Waals surface area (Å²) in [4.78, 5) is 22.5. The molecule has 2 unspecified atom stereocenters. The molecule has 6 rings (SSSR count). The lowest BCUT2D eigenvalue weighted by Gasteiger charge is -2.35. The van der Waals surface area contributed by atoms with Gasteiger partial charge in [-0.15, -0.1) is 0 Å². The highest BCUT2D eigenvalue weighted by Crippen LogP contribution is 2.37. The summed E-state index contributed by atoms with van der Waals surface area (Å²) in [5, 5.41) is 22.0. The number of aromatic nitrogens is 4. The van der Waals surface area contributed by atoms with Gasteiger partial charge in [-0.05, 0) is 74.6 Å². The topological polar surface area (TPSA) is 152 Å². The van der Waals surface area contributed by atoms with Crippen molar-refractivity contribution in [3.63, 3.8) is 0 Å². The molecule has 2 aromatic carbocycles. The van der Waals surface area contributed by atoms with E-state index in [1.54, 1.807) is 26.9 Å². The second-order valence-corrected chi connectivity index (χ2v) is 13.5. The average Bonchev–Trinajstić information content (AvgIpc) is 3.13. The Bertz CT molecular complexity index is 1560. The van der Waals surface area contributed by atoms with Crippen LogP contribution in [0.25, 0.3) is 21.8 Å². The zero-order chi connectivity index (χ0) is 33.5. The maximum absolute atomic E-state index is 12.9. The number of methoxy groups -OCH3 is 2. The first kappa shape index (κ1) is 34.3. The minimum Gasteiger partial charge on any atom is -0.494 e. The Morgan fingerprint density at radius 2 is 1.12 bits per heavy atom. The molecule has 0 spiro atoms. The lowest BCUT2D eigenvalue weighted by Crippen LogP contribution is -2.36. The van der Waals surface area contributed by atoms with Crippen molar-refractivity contribution < 1.29 is 33.3 Å². The van der Waals surface area contributed by atoms with E-state index >= 15 is 0 Å². The van der Waals surface area contributed by atoms with Gasteiger partial charge in [-0.3, -0.25) is 4.57 Å². The van der Waals surface area contributed by atoms with E-state index in [9.17, 15) is 14.8 Å². The van der Waals surface area contributed by atoms with Gasteiger partial charge in [0.15, 0.2) is 0 Å². The van der Waals surface area contributed by atoms with Crippen molar-refractivity contribution in [2.45, 2.75) is 50.7 Å². The molecule has 14 heteroatoms. The van der Waals surface area contributed by atoms with Crippen molar-refractivity contribution in [2.24, 2.45) is 11.8 Å². The predicted molar refractivity (Wildman–Crippen MR) is 184 cm³/mol. The van der Waals surface area contributed by atoms with Crippen molar-refractivity contribution in [3.05, 3.63) is 49.1 Å². The Morgan fingerprint density at radius 1 is 0.708 bits per heavy atom. The summed E-state index contributed by atoms with van der Waals surface area (Å²) in [6.07, 6.45) is 6.63. The van der Waals surface area contributed by atoms with Crippen molar-refractivity contribution >= 4 is 41.7 Å². The number of benzene rings is 2. The molecule has 258 valence electrons. The lowest BCUT2D eigenvalue weighted by atomic mass is 9.91. The molecule has 2 N–H and O–H groups in total. The number of aliphatic hydroxyl groups excluding tert-OH is 2. The first-order valence-electron chi connectivity index (χ1n) is 16.7. The van der Waals surface area contributed by atoms with Crippen LogP contribution in [0.1, 0.15) is 38.5 Å². The number of ether oxygens (including phenoxy) is 2. The first-order chi connectivity index (χ1) is 23.5. The second kappa shape index (κ2) is 16.2. The maximum Gasteiger partial charge on any atom is 0.319 e. The molecule has 4 aromatic rings. The molecule has 0 aliphatic carbocycles. The van der Waals surface area contributed by atoms with Gasteiger partial charge >= 0.3 is 8.25 Å². The number of rotatable bonds is 14. The van der Waals surface area contributed by atoms with Crippen LogP contribution in [-0.4, -0.2) is 96.0 Å². The molecule has 0 saturated carbocycles. The fourth-order valence-corrected chi connectivity index (χ4v) is 7.99. The molecule has 2 aromatic heterocycles. The highest BCUT2D eigenvalue weighted by Gasteiger charge is 2.28. The molecule has 2 fully saturated rings. The SMILES string of the molecule is COc1cccc2c(N3CCC(CC(CO)O[PH](=O)OC(CO)CC4CCN(c5ncnc6c(OC)cccc56)CC4)CC3)ncnc12. The number of aliphatic hydroxyl groups is 2. The van der Waals surface area contributed by atoms with E-state index in [-0.39, 0.29) is 13.2 Å². The molecule has 2 atom stereocenters. The van der Waals surface area contributed by atoms with Gasteiger partial charge in [0.05, 0.1) is 39.6 Å². The molecule has 13 nitrogen and oxygen atoms in total. The molecule has 0 radical (unpaired) electrons. The quantitative estimate of drug-likeness (QED) is 0.178. The number of hydrogen-bond donors (Lipinski definition) is 2. The van der Waals surface area contributed by atoms with Crippen LogP contribution in [0.4, 0.5) is 11.6 Å². The van der Waals surface area contributed by atoms with E-state index in [0.29, 0.717) is 36.2 Å². The number of nitrogens with zero attached hydrogens (tertiary/aromatic N) is 6. The number of hydrogen-bond acceptors (Lipinski definition) is 13. The summed E-state index contributed by atoms with van der Waals surface area (Å²) in [7, 11) is 0.346. The normalized spacial score (nSPS) is 18.2.